The smallest absolute Gasteiger partial charge is 0.207 e. The summed E-state index contributed by atoms with van der Waals surface area (Å²) in [7, 11) is -3.35. The summed E-state index contributed by atoms with van der Waals surface area (Å²) >= 11 is 0. The van der Waals surface area contributed by atoms with Gasteiger partial charge in [0.1, 0.15) is 0 Å². The molecule has 23 heavy (non-hydrogen) atoms. The minimum atomic E-state index is -3.35. The van der Waals surface area contributed by atoms with Gasteiger partial charge in [-0.1, -0.05) is 48.0 Å². The summed E-state index contributed by atoms with van der Waals surface area (Å²) in [5.41, 5.74) is 2.43. The van der Waals surface area contributed by atoms with Gasteiger partial charge in [-0.05, 0) is 48.8 Å². The lowest BCUT2D eigenvalue weighted by atomic mass is 9.64. The predicted molar refractivity (Wildman–Crippen MR) is 90.7 cm³/mol. The van der Waals surface area contributed by atoms with Gasteiger partial charge in [-0.15, -0.1) is 0 Å². The second kappa shape index (κ2) is 5.46. The van der Waals surface area contributed by atoms with Gasteiger partial charge < -0.3 is 0 Å². The van der Waals surface area contributed by atoms with Crippen LogP contribution in [0.5, 0.6) is 0 Å². The quantitative estimate of drug-likeness (QED) is 0.866. The number of aryl methyl sites for hydroxylation is 1. The minimum Gasteiger partial charge on any atom is -0.207 e. The number of nitrogens with zero attached hydrogens (tertiary/aromatic N) is 1. The van der Waals surface area contributed by atoms with E-state index in [1.165, 1.54) is 5.56 Å². The van der Waals surface area contributed by atoms with E-state index in [0.29, 0.717) is 35.7 Å². The van der Waals surface area contributed by atoms with Crippen molar-refractivity contribution < 1.29 is 8.42 Å². The van der Waals surface area contributed by atoms with E-state index in [2.05, 4.69) is 24.3 Å². The Labute approximate surface area is 138 Å². The molecule has 2 aromatic rings. The van der Waals surface area contributed by atoms with Crippen LogP contribution in [0.15, 0.2) is 59.5 Å². The fourth-order valence-electron chi connectivity index (χ4n) is 4.00. The molecule has 0 N–H and O–H groups in total. The van der Waals surface area contributed by atoms with Crippen LogP contribution in [0, 0.1) is 18.8 Å². The molecule has 1 aliphatic carbocycles. The van der Waals surface area contributed by atoms with Gasteiger partial charge in [0.15, 0.2) is 0 Å². The highest BCUT2D eigenvalue weighted by molar-refractivity contribution is 7.89. The molecule has 0 aromatic heterocycles. The Bertz CT molecular complexity index is 799. The molecule has 4 heteroatoms. The third kappa shape index (κ3) is 2.50. The highest BCUT2D eigenvalue weighted by Gasteiger charge is 2.50. The van der Waals surface area contributed by atoms with Crippen molar-refractivity contribution in [1.82, 2.24) is 4.31 Å². The normalized spacial score (nSPS) is 27.4. The van der Waals surface area contributed by atoms with Crippen LogP contribution in [-0.2, 0) is 10.0 Å². The third-order valence-electron chi connectivity index (χ3n) is 5.42. The summed E-state index contributed by atoms with van der Waals surface area (Å²) in [6.07, 6.45) is 1.11. The lowest BCUT2D eigenvalue weighted by Crippen LogP contribution is -2.33. The zero-order chi connectivity index (χ0) is 16.0. The highest BCUT2D eigenvalue weighted by atomic mass is 32.2. The average molecular weight is 327 g/mol. The molecule has 0 unspecified atom stereocenters. The maximum atomic E-state index is 12.8. The number of hydrogen-bond donors (Lipinski definition) is 0. The van der Waals surface area contributed by atoms with E-state index in [9.17, 15) is 8.42 Å². The maximum Gasteiger partial charge on any atom is 0.243 e. The molecular weight excluding hydrogens is 306 g/mol. The van der Waals surface area contributed by atoms with Crippen molar-refractivity contribution in [3.8, 4) is 0 Å². The maximum absolute atomic E-state index is 12.8. The average Bonchev–Trinajstić information content (AvgIpc) is 2.87. The predicted octanol–water partition coefficient (Wildman–Crippen LogP) is 3.42. The molecule has 1 heterocycles. The first-order chi connectivity index (χ1) is 11.1. The Morgan fingerprint density at radius 1 is 0.957 bits per heavy atom. The van der Waals surface area contributed by atoms with Crippen molar-refractivity contribution in [3.05, 3.63) is 65.7 Å². The molecule has 2 aromatic carbocycles. The lowest BCUT2D eigenvalue weighted by molar-refractivity contribution is 0.191. The van der Waals surface area contributed by atoms with Gasteiger partial charge in [0.2, 0.25) is 10.0 Å². The first-order valence-corrected chi connectivity index (χ1v) is 9.61. The first-order valence-electron chi connectivity index (χ1n) is 8.17. The summed E-state index contributed by atoms with van der Waals surface area (Å²) < 4.78 is 27.4. The van der Waals surface area contributed by atoms with Crippen LogP contribution in [0.2, 0.25) is 0 Å². The summed E-state index contributed by atoms with van der Waals surface area (Å²) in [5, 5.41) is 0. The van der Waals surface area contributed by atoms with Gasteiger partial charge >= 0.3 is 0 Å². The second-order valence-electron chi connectivity index (χ2n) is 6.81. The van der Waals surface area contributed by atoms with Gasteiger partial charge in [-0.2, -0.15) is 4.31 Å². The lowest BCUT2D eigenvalue weighted by Gasteiger charge is -2.39. The fraction of sp³-hybridized carbons (Fsp3) is 0.368. The number of fused-ring (bicyclic) bond motifs is 1. The van der Waals surface area contributed by atoms with Crippen LogP contribution in [0.3, 0.4) is 0 Å². The molecule has 2 fully saturated rings. The van der Waals surface area contributed by atoms with Gasteiger partial charge in [0, 0.05) is 13.1 Å². The molecule has 0 radical (unpaired) electrons. The van der Waals surface area contributed by atoms with Gasteiger partial charge in [0.25, 0.3) is 0 Å². The van der Waals surface area contributed by atoms with E-state index < -0.39 is 10.0 Å². The van der Waals surface area contributed by atoms with Crippen LogP contribution in [0.1, 0.15) is 23.5 Å². The van der Waals surface area contributed by atoms with Gasteiger partial charge in [0.05, 0.1) is 4.90 Å². The number of sulfonamides is 1. The molecule has 1 saturated heterocycles. The molecule has 120 valence electrons. The summed E-state index contributed by atoms with van der Waals surface area (Å²) in [6.45, 7) is 3.29. The van der Waals surface area contributed by atoms with Crippen molar-refractivity contribution in [2.24, 2.45) is 11.8 Å². The Hall–Kier alpha value is -1.65. The van der Waals surface area contributed by atoms with Gasteiger partial charge in [-0.3, -0.25) is 0 Å². The minimum absolute atomic E-state index is 0.417. The van der Waals surface area contributed by atoms with Gasteiger partial charge in [-0.25, -0.2) is 8.42 Å². The molecule has 0 amide bonds. The summed E-state index contributed by atoms with van der Waals surface area (Å²) in [6, 6.07) is 17.7. The third-order valence-corrected chi connectivity index (χ3v) is 7.26. The fourth-order valence-corrected chi connectivity index (χ4v) is 5.54. The molecule has 0 bridgehead atoms. The largest absolute Gasteiger partial charge is 0.243 e. The highest BCUT2D eigenvalue weighted by Crippen LogP contribution is 2.52. The Balaban J connectivity index is 1.54. The standard InChI is InChI=1S/C19H21NO2S/c1-14-7-9-17(10-8-14)23(21,22)20-12-16-11-18(19(16)13-20)15-5-3-2-4-6-15/h2-10,16,18-19H,11-13H2,1H3/t16-,18-,19+/m1/s1. The summed E-state index contributed by atoms with van der Waals surface area (Å²) in [4.78, 5) is 0.417. The molecule has 3 nitrogen and oxygen atoms in total. The number of rotatable bonds is 3. The van der Waals surface area contributed by atoms with E-state index in [4.69, 9.17) is 0 Å². The van der Waals surface area contributed by atoms with Crippen LogP contribution in [0.4, 0.5) is 0 Å². The molecule has 4 rings (SSSR count). The van der Waals surface area contributed by atoms with Crippen LogP contribution in [0.25, 0.3) is 0 Å². The molecule has 2 aliphatic rings. The van der Waals surface area contributed by atoms with Crippen molar-refractivity contribution in [3.63, 3.8) is 0 Å². The molecular formula is C19H21NO2S. The van der Waals surface area contributed by atoms with E-state index in [1.54, 1.807) is 16.4 Å². The van der Waals surface area contributed by atoms with Crippen LogP contribution >= 0.6 is 0 Å². The zero-order valence-electron chi connectivity index (χ0n) is 13.2. The van der Waals surface area contributed by atoms with E-state index in [-0.39, 0.29) is 0 Å². The molecule has 1 saturated carbocycles. The second-order valence-corrected chi connectivity index (χ2v) is 8.75. The van der Waals surface area contributed by atoms with E-state index in [1.807, 2.05) is 25.1 Å². The Morgan fingerprint density at radius 3 is 2.35 bits per heavy atom. The Kier molecular flexibility index (Phi) is 3.54. The van der Waals surface area contributed by atoms with Crippen molar-refractivity contribution >= 4 is 10.0 Å². The van der Waals surface area contributed by atoms with E-state index >= 15 is 0 Å². The number of hydrogen-bond acceptors (Lipinski definition) is 2. The van der Waals surface area contributed by atoms with Crippen molar-refractivity contribution in [2.45, 2.75) is 24.2 Å². The molecule has 1 aliphatic heterocycles. The van der Waals surface area contributed by atoms with Crippen LogP contribution < -0.4 is 0 Å². The topological polar surface area (TPSA) is 37.4 Å². The molecule has 3 atom stereocenters. The Morgan fingerprint density at radius 2 is 1.65 bits per heavy atom. The van der Waals surface area contributed by atoms with Crippen molar-refractivity contribution in [1.29, 1.82) is 0 Å². The first kappa shape index (κ1) is 14.9. The SMILES string of the molecule is Cc1ccc(S(=O)(=O)N2C[C@H]3C[C@H](c4ccccc4)[C@H]3C2)cc1. The van der Waals surface area contributed by atoms with E-state index in [0.717, 1.165) is 12.0 Å². The summed E-state index contributed by atoms with van der Waals surface area (Å²) in [5.74, 6) is 1.50. The monoisotopic (exact) mass is 327 g/mol. The molecule has 0 spiro atoms. The van der Waals surface area contributed by atoms with Crippen LogP contribution in [-0.4, -0.2) is 25.8 Å². The van der Waals surface area contributed by atoms with Crippen molar-refractivity contribution in [2.75, 3.05) is 13.1 Å². The zero-order valence-corrected chi connectivity index (χ0v) is 14.0. The number of benzene rings is 2.